The lowest BCUT2D eigenvalue weighted by atomic mass is 10.2. The van der Waals surface area contributed by atoms with Crippen molar-refractivity contribution in [3.05, 3.63) is 60.0 Å². The minimum absolute atomic E-state index is 0.242. The Bertz CT molecular complexity index is 813. The van der Waals surface area contributed by atoms with E-state index in [-0.39, 0.29) is 11.7 Å². The van der Waals surface area contributed by atoms with E-state index in [0.29, 0.717) is 11.1 Å². The van der Waals surface area contributed by atoms with Crippen LogP contribution in [0.2, 0.25) is 0 Å². The van der Waals surface area contributed by atoms with Crippen LogP contribution >= 0.6 is 11.8 Å². The Kier molecular flexibility index (Phi) is 3.66. The molecule has 0 aliphatic carbocycles. The molecule has 0 aliphatic heterocycles. The van der Waals surface area contributed by atoms with Crippen LogP contribution in [0.3, 0.4) is 0 Å². The number of carbonyl (C=O) groups is 1. The second kappa shape index (κ2) is 5.61. The van der Waals surface area contributed by atoms with Gasteiger partial charge in [-0.05, 0) is 42.7 Å². The molecule has 0 fully saturated rings. The van der Waals surface area contributed by atoms with E-state index in [2.05, 4.69) is 10.3 Å². The molecule has 0 aliphatic rings. The molecule has 0 bridgehead atoms. The molecule has 3 nitrogen and oxygen atoms in total. The van der Waals surface area contributed by atoms with Crippen molar-refractivity contribution in [3.8, 4) is 0 Å². The van der Waals surface area contributed by atoms with Crippen molar-refractivity contribution in [1.29, 1.82) is 0 Å². The average molecular weight is 300 g/mol. The number of para-hydroxylation sites is 1. The fourth-order valence-electron chi connectivity index (χ4n) is 2.16. The maximum Gasteiger partial charge on any atom is 0.272 e. The molecule has 0 atom stereocenters. The third kappa shape index (κ3) is 2.78. The number of nitrogens with one attached hydrogen (secondary N) is 2. The van der Waals surface area contributed by atoms with E-state index in [4.69, 9.17) is 0 Å². The van der Waals surface area contributed by atoms with E-state index >= 15 is 0 Å². The number of hydrogen-bond donors (Lipinski definition) is 2. The van der Waals surface area contributed by atoms with Gasteiger partial charge in [-0.15, -0.1) is 11.8 Å². The molecular formula is C16H13FN2OS. The van der Waals surface area contributed by atoms with Gasteiger partial charge in [0, 0.05) is 15.8 Å². The van der Waals surface area contributed by atoms with Gasteiger partial charge in [-0.3, -0.25) is 4.79 Å². The van der Waals surface area contributed by atoms with E-state index < -0.39 is 0 Å². The van der Waals surface area contributed by atoms with Crippen LogP contribution in [0.15, 0.2) is 53.4 Å². The third-order valence-electron chi connectivity index (χ3n) is 3.18. The van der Waals surface area contributed by atoms with E-state index in [1.807, 2.05) is 30.5 Å². The minimum atomic E-state index is -0.318. The van der Waals surface area contributed by atoms with Crippen LogP contribution in [0.25, 0.3) is 10.9 Å². The second-order valence-corrected chi connectivity index (χ2v) is 5.42. The van der Waals surface area contributed by atoms with Gasteiger partial charge < -0.3 is 10.3 Å². The molecule has 0 unspecified atom stereocenters. The van der Waals surface area contributed by atoms with E-state index in [0.717, 1.165) is 16.1 Å². The smallest absolute Gasteiger partial charge is 0.272 e. The summed E-state index contributed by atoms with van der Waals surface area (Å²) in [6, 6.07) is 13.6. The number of aromatic nitrogens is 1. The van der Waals surface area contributed by atoms with Gasteiger partial charge in [-0.2, -0.15) is 0 Å². The lowest BCUT2D eigenvalue weighted by Gasteiger charge is -2.07. The van der Waals surface area contributed by atoms with Crippen molar-refractivity contribution >= 4 is 34.3 Å². The Morgan fingerprint density at radius 2 is 2.00 bits per heavy atom. The molecule has 0 spiro atoms. The van der Waals surface area contributed by atoms with Crippen LogP contribution in [-0.4, -0.2) is 17.1 Å². The van der Waals surface area contributed by atoms with Crippen molar-refractivity contribution in [3.63, 3.8) is 0 Å². The fraction of sp³-hybridized carbons (Fsp3) is 0.0625. The lowest BCUT2D eigenvalue weighted by molar-refractivity contribution is 0.102. The molecule has 1 heterocycles. The van der Waals surface area contributed by atoms with Gasteiger partial charge in [-0.25, -0.2) is 4.39 Å². The highest BCUT2D eigenvalue weighted by Gasteiger charge is 2.11. The Balaban J connectivity index is 1.90. The van der Waals surface area contributed by atoms with Crippen LogP contribution in [0, 0.1) is 5.82 Å². The molecule has 21 heavy (non-hydrogen) atoms. The molecule has 106 valence electrons. The van der Waals surface area contributed by atoms with Crippen LogP contribution in [0.5, 0.6) is 0 Å². The molecule has 2 aromatic carbocycles. The number of hydrogen-bond acceptors (Lipinski definition) is 2. The Morgan fingerprint density at radius 3 is 2.81 bits per heavy atom. The summed E-state index contributed by atoms with van der Waals surface area (Å²) in [6.07, 6.45) is 1.96. The van der Waals surface area contributed by atoms with Crippen molar-refractivity contribution in [2.45, 2.75) is 4.90 Å². The van der Waals surface area contributed by atoms with E-state index in [9.17, 15) is 9.18 Å². The quantitative estimate of drug-likeness (QED) is 0.709. The van der Waals surface area contributed by atoms with Crippen molar-refractivity contribution in [2.24, 2.45) is 0 Å². The first-order chi connectivity index (χ1) is 10.2. The molecule has 0 saturated carbocycles. The molecular weight excluding hydrogens is 287 g/mol. The monoisotopic (exact) mass is 300 g/mol. The Labute approximate surface area is 125 Å². The summed E-state index contributed by atoms with van der Waals surface area (Å²) >= 11 is 1.57. The standard InChI is InChI=1S/C16H13FN2OS/c1-21-15-5-3-2-4-13(15)19-16(20)14-9-10-8-11(17)6-7-12(10)18-14/h2-9,18H,1H3,(H,19,20). The zero-order valence-corrected chi connectivity index (χ0v) is 12.1. The first-order valence-electron chi connectivity index (χ1n) is 6.40. The fourth-order valence-corrected chi connectivity index (χ4v) is 2.72. The number of amides is 1. The van der Waals surface area contributed by atoms with Crippen LogP contribution in [0.1, 0.15) is 10.5 Å². The van der Waals surface area contributed by atoms with Gasteiger partial charge >= 0.3 is 0 Å². The molecule has 1 aromatic heterocycles. The number of thioether (sulfide) groups is 1. The minimum Gasteiger partial charge on any atom is -0.351 e. The summed E-state index contributed by atoms with van der Waals surface area (Å²) in [7, 11) is 0. The zero-order chi connectivity index (χ0) is 14.8. The lowest BCUT2D eigenvalue weighted by Crippen LogP contribution is -2.12. The van der Waals surface area contributed by atoms with Gasteiger partial charge in [0.05, 0.1) is 5.69 Å². The van der Waals surface area contributed by atoms with Crippen LogP contribution in [-0.2, 0) is 0 Å². The van der Waals surface area contributed by atoms with Crippen LogP contribution in [0.4, 0.5) is 10.1 Å². The molecule has 5 heteroatoms. The van der Waals surface area contributed by atoms with Crippen LogP contribution < -0.4 is 5.32 Å². The highest BCUT2D eigenvalue weighted by Crippen LogP contribution is 2.25. The maximum absolute atomic E-state index is 13.2. The molecule has 3 rings (SSSR count). The predicted octanol–water partition coefficient (Wildman–Crippen LogP) is 4.28. The SMILES string of the molecule is CSc1ccccc1NC(=O)c1cc2cc(F)ccc2[nH]1. The largest absolute Gasteiger partial charge is 0.351 e. The number of rotatable bonds is 3. The van der Waals surface area contributed by atoms with Crippen molar-refractivity contribution < 1.29 is 9.18 Å². The van der Waals surface area contributed by atoms with Gasteiger partial charge in [0.25, 0.3) is 5.91 Å². The summed E-state index contributed by atoms with van der Waals surface area (Å²) in [5, 5.41) is 3.55. The summed E-state index contributed by atoms with van der Waals surface area (Å²) in [5.41, 5.74) is 1.91. The summed E-state index contributed by atoms with van der Waals surface area (Å²) in [5.74, 6) is -0.561. The number of aromatic amines is 1. The number of benzene rings is 2. The normalized spacial score (nSPS) is 10.8. The van der Waals surface area contributed by atoms with Crippen molar-refractivity contribution in [2.75, 3.05) is 11.6 Å². The first kappa shape index (κ1) is 13.7. The van der Waals surface area contributed by atoms with Gasteiger partial charge in [0.2, 0.25) is 0 Å². The van der Waals surface area contributed by atoms with E-state index in [1.54, 1.807) is 23.9 Å². The number of fused-ring (bicyclic) bond motifs is 1. The number of anilines is 1. The number of halogens is 1. The third-order valence-corrected chi connectivity index (χ3v) is 3.98. The molecule has 1 amide bonds. The zero-order valence-electron chi connectivity index (χ0n) is 11.3. The highest BCUT2D eigenvalue weighted by atomic mass is 32.2. The summed E-state index contributed by atoms with van der Waals surface area (Å²) in [6.45, 7) is 0. The van der Waals surface area contributed by atoms with Gasteiger partial charge in [0.15, 0.2) is 0 Å². The first-order valence-corrected chi connectivity index (χ1v) is 7.62. The topological polar surface area (TPSA) is 44.9 Å². The van der Waals surface area contributed by atoms with Crippen molar-refractivity contribution in [1.82, 2.24) is 4.98 Å². The van der Waals surface area contributed by atoms with Gasteiger partial charge in [-0.1, -0.05) is 12.1 Å². The maximum atomic E-state index is 13.2. The molecule has 0 radical (unpaired) electrons. The molecule has 3 aromatic rings. The predicted molar refractivity (Wildman–Crippen MR) is 84.4 cm³/mol. The number of carbonyl (C=O) groups excluding carboxylic acids is 1. The molecule has 0 saturated heterocycles. The summed E-state index contributed by atoms with van der Waals surface area (Å²) < 4.78 is 13.2. The van der Waals surface area contributed by atoms with Gasteiger partial charge in [0.1, 0.15) is 11.5 Å². The van der Waals surface area contributed by atoms with E-state index in [1.165, 1.54) is 12.1 Å². The highest BCUT2D eigenvalue weighted by molar-refractivity contribution is 7.98. The molecule has 2 N–H and O–H groups in total. The second-order valence-electron chi connectivity index (χ2n) is 4.57. The Morgan fingerprint density at radius 1 is 1.19 bits per heavy atom. The number of H-pyrrole nitrogens is 1. The summed E-state index contributed by atoms with van der Waals surface area (Å²) in [4.78, 5) is 16.3. The average Bonchev–Trinajstić information content (AvgIpc) is 2.91. The Hall–Kier alpha value is -2.27.